The van der Waals surface area contributed by atoms with Crippen LogP contribution in [0, 0.1) is 10.8 Å². The number of hydrogen-bond donors (Lipinski definition) is 2. The Morgan fingerprint density at radius 2 is 1.34 bits per heavy atom. The molecule has 0 aliphatic rings. The van der Waals surface area contributed by atoms with E-state index in [-0.39, 0.29) is 11.8 Å². The summed E-state index contributed by atoms with van der Waals surface area (Å²) in [5.74, 6) is 0.171. The van der Waals surface area contributed by atoms with E-state index in [1.54, 1.807) is 18.2 Å². The molecule has 6 nitrogen and oxygen atoms in total. The Bertz CT molecular complexity index is 990. The SMILES string of the molecule is CC(C)(C)C(=O)Nc1cc(NC(=O)C(C)(C)C)cc(-c2nc3ccccc3o2)c1. The fraction of sp³-hybridized carbons (Fsp3) is 0.348. The first-order valence-corrected chi connectivity index (χ1v) is 9.57. The van der Waals surface area contributed by atoms with E-state index in [2.05, 4.69) is 15.6 Å². The smallest absolute Gasteiger partial charge is 0.229 e. The first-order chi connectivity index (χ1) is 13.4. The van der Waals surface area contributed by atoms with Crippen molar-refractivity contribution in [2.45, 2.75) is 41.5 Å². The first kappa shape index (κ1) is 20.6. The summed E-state index contributed by atoms with van der Waals surface area (Å²) in [5.41, 5.74) is 2.10. The van der Waals surface area contributed by atoms with E-state index in [0.717, 1.165) is 5.52 Å². The molecule has 1 aromatic heterocycles. The van der Waals surface area contributed by atoms with E-state index in [0.29, 0.717) is 28.4 Å². The molecule has 6 heteroatoms. The summed E-state index contributed by atoms with van der Waals surface area (Å²) in [4.78, 5) is 29.5. The molecule has 2 N–H and O–H groups in total. The Morgan fingerprint density at radius 1 is 0.828 bits per heavy atom. The van der Waals surface area contributed by atoms with Crippen LogP contribution in [0.2, 0.25) is 0 Å². The largest absolute Gasteiger partial charge is 0.436 e. The number of nitrogens with zero attached hydrogens (tertiary/aromatic N) is 1. The zero-order valence-corrected chi connectivity index (χ0v) is 17.7. The zero-order valence-electron chi connectivity index (χ0n) is 17.7. The van der Waals surface area contributed by atoms with Gasteiger partial charge in [-0.25, -0.2) is 4.98 Å². The van der Waals surface area contributed by atoms with Crippen LogP contribution in [-0.2, 0) is 9.59 Å². The van der Waals surface area contributed by atoms with E-state index >= 15 is 0 Å². The predicted molar refractivity (Wildman–Crippen MR) is 116 cm³/mol. The predicted octanol–water partition coefficient (Wildman–Crippen LogP) is 5.46. The minimum atomic E-state index is -0.553. The highest BCUT2D eigenvalue weighted by Gasteiger charge is 2.24. The molecule has 0 saturated carbocycles. The molecule has 0 aliphatic carbocycles. The third-order valence-corrected chi connectivity index (χ3v) is 4.35. The molecule has 0 radical (unpaired) electrons. The van der Waals surface area contributed by atoms with Gasteiger partial charge in [0, 0.05) is 27.8 Å². The van der Waals surface area contributed by atoms with E-state index in [1.165, 1.54) is 0 Å². The number of carbonyl (C=O) groups is 2. The number of aromatic nitrogens is 1. The molecule has 0 bridgehead atoms. The van der Waals surface area contributed by atoms with Gasteiger partial charge in [0.15, 0.2) is 5.58 Å². The number of rotatable bonds is 3. The van der Waals surface area contributed by atoms with Gasteiger partial charge in [0.05, 0.1) is 0 Å². The highest BCUT2D eigenvalue weighted by atomic mass is 16.3. The summed E-state index contributed by atoms with van der Waals surface area (Å²) in [5, 5.41) is 5.84. The summed E-state index contributed by atoms with van der Waals surface area (Å²) >= 11 is 0. The van der Waals surface area contributed by atoms with Crippen molar-refractivity contribution in [1.82, 2.24) is 4.98 Å². The van der Waals surface area contributed by atoms with Crippen LogP contribution in [0.15, 0.2) is 46.9 Å². The van der Waals surface area contributed by atoms with Crippen molar-refractivity contribution in [3.05, 3.63) is 42.5 Å². The molecular formula is C23H27N3O3. The van der Waals surface area contributed by atoms with Crippen LogP contribution in [0.4, 0.5) is 11.4 Å². The topological polar surface area (TPSA) is 84.2 Å². The number of benzene rings is 2. The van der Waals surface area contributed by atoms with E-state index < -0.39 is 10.8 Å². The Hall–Kier alpha value is -3.15. The average Bonchev–Trinajstić information content (AvgIpc) is 3.04. The van der Waals surface area contributed by atoms with Crippen molar-refractivity contribution in [1.29, 1.82) is 0 Å². The van der Waals surface area contributed by atoms with Crippen molar-refractivity contribution < 1.29 is 14.0 Å². The summed E-state index contributed by atoms with van der Waals surface area (Å²) in [6.45, 7) is 11.1. The highest BCUT2D eigenvalue weighted by Crippen LogP contribution is 2.31. The molecule has 29 heavy (non-hydrogen) atoms. The van der Waals surface area contributed by atoms with Crippen LogP contribution >= 0.6 is 0 Å². The van der Waals surface area contributed by atoms with Gasteiger partial charge in [0.25, 0.3) is 0 Å². The normalized spacial score (nSPS) is 12.1. The third-order valence-electron chi connectivity index (χ3n) is 4.35. The number of hydrogen-bond acceptors (Lipinski definition) is 4. The Balaban J connectivity index is 2.04. The van der Waals surface area contributed by atoms with E-state index in [4.69, 9.17) is 4.42 Å². The van der Waals surface area contributed by atoms with Crippen molar-refractivity contribution in [2.75, 3.05) is 10.6 Å². The second kappa shape index (κ2) is 7.35. The number of fused-ring (bicyclic) bond motifs is 1. The third kappa shape index (κ3) is 4.83. The second-order valence-corrected chi connectivity index (χ2v) is 9.19. The fourth-order valence-corrected chi connectivity index (χ4v) is 2.53. The lowest BCUT2D eigenvalue weighted by atomic mass is 9.95. The minimum Gasteiger partial charge on any atom is -0.436 e. The molecule has 2 aromatic carbocycles. The number of amides is 2. The molecule has 0 saturated heterocycles. The van der Waals surface area contributed by atoms with Crippen molar-refractivity contribution >= 4 is 34.3 Å². The maximum atomic E-state index is 12.5. The lowest BCUT2D eigenvalue weighted by molar-refractivity contribution is -0.123. The van der Waals surface area contributed by atoms with Gasteiger partial charge >= 0.3 is 0 Å². The van der Waals surface area contributed by atoms with Crippen LogP contribution in [-0.4, -0.2) is 16.8 Å². The summed E-state index contributed by atoms with van der Waals surface area (Å²) in [6, 6.07) is 12.8. The van der Waals surface area contributed by atoms with Crippen LogP contribution in [0.5, 0.6) is 0 Å². The Morgan fingerprint density at radius 3 is 1.83 bits per heavy atom. The van der Waals surface area contributed by atoms with Crippen LogP contribution < -0.4 is 10.6 Å². The summed E-state index contributed by atoms with van der Waals surface area (Å²) in [6.07, 6.45) is 0. The van der Waals surface area contributed by atoms with Gasteiger partial charge in [0.2, 0.25) is 17.7 Å². The average molecular weight is 393 g/mol. The molecule has 3 rings (SSSR count). The molecule has 1 heterocycles. The van der Waals surface area contributed by atoms with Crippen LogP contribution in [0.3, 0.4) is 0 Å². The maximum absolute atomic E-state index is 12.5. The maximum Gasteiger partial charge on any atom is 0.229 e. The minimum absolute atomic E-state index is 0.125. The molecule has 0 unspecified atom stereocenters. The summed E-state index contributed by atoms with van der Waals surface area (Å²) in [7, 11) is 0. The van der Waals surface area contributed by atoms with E-state index in [1.807, 2.05) is 65.8 Å². The van der Waals surface area contributed by atoms with E-state index in [9.17, 15) is 9.59 Å². The van der Waals surface area contributed by atoms with Gasteiger partial charge in [-0.15, -0.1) is 0 Å². The lowest BCUT2D eigenvalue weighted by Gasteiger charge is -2.20. The first-order valence-electron chi connectivity index (χ1n) is 9.57. The van der Waals surface area contributed by atoms with Gasteiger partial charge in [0.1, 0.15) is 5.52 Å². The van der Waals surface area contributed by atoms with Crippen LogP contribution in [0.1, 0.15) is 41.5 Å². The molecule has 0 aliphatic heterocycles. The van der Waals surface area contributed by atoms with Crippen LogP contribution in [0.25, 0.3) is 22.6 Å². The van der Waals surface area contributed by atoms with Crippen molar-refractivity contribution in [2.24, 2.45) is 10.8 Å². The highest BCUT2D eigenvalue weighted by molar-refractivity contribution is 5.98. The molecule has 3 aromatic rings. The standard InChI is InChI=1S/C23H27N3O3/c1-22(2,3)20(27)24-15-11-14(12-16(13-15)25-21(28)23(4,5)6)19-26-17-9-7-8-10-18(17)29-19/h7-13H,1-6H3,(H,24,27)(H,25,28). The fourth-order valence-electron chi connectivity index (χ4n) is 2.53. The monoisotopic (exact) mass is 393 g/mol. The van der Waals surface area contributed by atoms with Gasteiger partial charge in [-0.05, 0) is 30.3 Å². The number of carbonyl (C=O) groups excluding carboxylic acids is 2. The van der Waals surface area contributed by atoms with Gasteiger partial charge in [-0.2, -0.15) is 0 Å². The molecule has 0 spiro atoms. The molecule has 2 amide bonds. The van der Waals surface area contributed by atoms with Gasteiger partial charge in [-0.1, -0.05) is 53.7 Å². The second-order valence-electron chi connectivity index (χ2n) is 9.19. The van der Waals surface area contributed by atoms with Crippen molar-refractivity contribution in [3.8, 4) is 11.5 Å². The summed E-state index contributed by atoms with van der Waals surface area (Å²) < 4.78 is 5.87. The van der Waals surface area contributed by atoms with Gasteiger partial charge < -0.3 is 15.1 Å². The molecular weight excluding hydrogens is 366 g/mol. The Kier molecular flexibility index (Phi) is 5.22. The number of oxazole rings is 1. The lowest BCUT2D eigenvalue weighted by Crippen LogP contribution is -2.28. The zero-order chi connectivity index (χ0) is 21.4. The Labute approximate surface area is 170 Å². The number of nitrogens with one attached hydrogen (secondary N) is 2. The molecule has 152 valence electrons. The van der Waals surface area contributed by atoms with Gasteiger partial charge in [-0.3, -0.25) is 9.59 Å². The quantitative estimate of drug-likeness (QED) is 0.618. The molecule has 0 atom stereocenters. The number of anilines is 2. The van der Waals surface area contributed by atoms with Crippen molar-refractivity contribution in [3.63, 3.8) is 0 Å². The molecule has 0 fully saturated rings. The number of para-hydroxylation sites is 2.